The van der Waals surface area contributed by atoms with Gasteiger partial charge in [-0.1, -0.05) is 29.8 Å². The van der Waals surface area contributed by atoms with Gasteiger partial charge < -0.3 is 5.32 Å². The Bertz CT molecular complexity index is 567. The summed E-state index contributed by atoms with van der Waals surface area (Å²) in [6.45, 7) is 5.35. The Hall–Kier alpha value is -0.710. The molecule has 20 heavy (non-hydrogen) atoms. The Morgan fingerprint density at radius 2 is 2.05 bits per heavy atom. The first-order valence-corrected chi connectivity index (χ1v) is 8.55. The Labute approximate surface area is 132 Å². The minimum atomic E-state index is -0.170. The highest BCUT2D eigenvalue weighted by atomic mass is 79.9. The van der Waals surface area contributed by atoms with E-state index >= 15 is 0 Å². The van der Waals surface area contributed by atoms with Crippen LogP contribution in [0.5, 0.6) is 0 Å². The molecule has 0 aliphatic carbocycles. The molecule has 0 saturated heterocycles. The van der Waals surface area contributed by atoms with Gasteiger partial charge in [-0.2, -0.15) is 0 Å². The largest absolute Gasteiger partial charge is 0.309 e. The monoisotopic (exact) mass is 355 g/mol. The summed E-state index contributed by atoms with van der Waals surface area (Å²) in [6, 6.07) is 9.56. The van der Waals surface area contributed by atoms with Gasteiger partial charge in [0.05, 0.1) is 0 Å². The predicted molar refractivity (Wildman–Crippen MR) is 88.7 cm³/mol. The first kappa shape index (κ1) is 15.7. The van der Waals surface area contributed by atoms with Crippen molar-refractivity contribution >= 4 is 27.3 Å². The molecular weight excluding hydrogens is 337 g/mol. The van der Waals surface area contributed by atoms with Gasteiger partial charge in [0.15, 0.2) is 0 Å². The molecule has 2 rings (SSSR count). The zero-order chi connectivity index (χ0) is 14.5. The van der Waals surface area contributed by atoms with Crippen LogP contribution in [-0.2, 0) is 0 Å². The molecule has 0 saturated carbocycles. The molecule has 0 amide bonds. The third-order valence-electron chi connectivity index (χ3n) is 3.21. The van der Waals surface area contributed by atoms with E-state index in [4.69, 9.17) is 0 Å². The molecule has 1 nitrogen and oxygen atoms in total. The fourth-order valence-electron chi connectivity index (χ4n) is 2.14. The standard InChI is InChI=1S/C16H19BrFNS/c1-3-9-19-14(4-2)16-8-7-15(20-16)12-10-11(17)5-6-13(12)18/h5-8,10,14,19H,3-4,9H2,1-2H3. The van der Waals surface area contributed by atoms with Crippen LogP contribution in [0.1, 0.15) is 37.6 Å². The molecule has 1 aromatic heterocycles. The highest BCUT2D eigenvalue weighted by Gasteiger charge is 2.14. The molecule has 0 fully saturated rings. The van der Waals surface area contributed by atoms with Crippen LogP contribution in [0.15, 0.2) is 34.8 Å². The molecule has 0 aliphatic heterocycles. The summed E-state index contributed by atoms with van der Waals surface area (Å²) in [6.07, 6.45) is 2.16. The molecule has 0 radical (unpaired) electrons. The summed E-state index contributed by atoms with van der Waals surface area (Å²) >= 11 is 5.07. The minimum Gasteiger partial charge on any atom is -0.309 e. The lowest BCUT2D eigenvalue weighted by Gasteiger charge is -2.14. The predicted octanol–water partition coefficient (Wildman–Crippen LogP) is 5.77. The molecule has 0 spiro atoms. The Kier molecular flexibility index (Phi) is 5.75. The third-order valence-corrected chi connectivity index (χ3v) is 4.94. The zero-order valence-corrected chi connectivity index (χ0v) is 14.2. The number of benzene rings is 1. The van der Waals surface area contributed by atoms with E-state index in [0.29, 0.717) is 11.6 Å². The van der Waals surface area contributed by atoms with Gasteiger partial charge in [0.25, 0.3) is 0 Å². The Morgan fingerprint density at radius 1 is 1.25 bits per heavy atom. The first-order chi connectivity index (χ1) is 9.65. The molecule has 1 heterocycles. The summed E-state index contributed by atoms with van der Waals surface area (Å²) < 4.78 is 14.8. The number of rotatable bonds is 6. The van der Waals surface area contributed by atoms with Crippen molar-refractivity contribution in [2.24, 2.45) is 0 Å². The summed E-state index contributed by atoms with van der Waals surface area (Å²) in [5, 5.41) is 3.53. The topological polar surface area (TPSA) is 12.0 Å². The van der Waals surface area contributed by atoms with Gasteiger partial charge in [0.1, 0.15) is 5.82 Å². The maximum atomic E-state index is 13.9. The van der Waals surface area contributed by atoms with Crippen molar-refractivity contribution in [1.29, 1.82) is 0 Å². The number of hydrogen-bond donors (Lipinski definition) is 1. The van der Waals surface area contributed by atoms with E-state index in [1.54, 1.807) is 17.4 Å². The van der Waals surface area contributed by atoms with Crippen molar-refractivity contribution < 1.29 is 4.39 Å². The average molecular weight is 356 g/mol. The molecule has 1 N–H and O–H groups in total. The van der Waals surface area contributed by atoms with E-state index in [1.807, 2.05) is 12.1 Å². The van der Waals surface area contributed by atoms with Crippen LogP contribution in [0.2, 0.25) is 0 Å². The number of thiophene rings is 1. The van der Waals surface area contributed by atoms with E-state index in [1.165, 1.54) is 10.9 Å². The molecule has 0 aliphatic rings. The molecule has 0 bridgehead atoms. The number of nitrogens with one attached hydrogen (secondary N) is 1. The van der Waals surface area contributed by atoms with Crippen LogP contribution in [0.3, 0.4) is 0 Å². The van der Waals surface area contributed by atoms with Gasteiger partial charge in [0.2, 0.25) is 0 Å². The van der Waals surface area contributed by atoms with Gasteiger partial charge in [-0.3, -0.25) is 0 Å². The van der Waals surface area contributed by atoms with Crippen molar-refractivity contribution in [3.05, 3.63) is 45.5 Å². The lowest BCUT2D eigenvalue weighted by molar-refractivity contribution is 0.525. The minimum absolute atomic E-state index is 0.170. The quantitative estimate of drug-likeness (QED) is 0.693. The van der Waals surface area contributed by atoms with E-state index in [0.717, 1.165) is 28.7 Å². The van der Waals surface area contributed by atoms with Gasteiger partial charge in [-0.15, -0.1) is 11.3 Å². The molecule has 2 aromatic rings. The SMILES string of the molecule is CCCNC(CC)c1ccc(-c2cc(Br)ccc2F)s1. The molecule has 1 unspecified atom stereocenters. The van der Waals surface area contributed by atoms with Crippen LogP contribution in [0, 0.1) is 5.82 Å². The Morgan fingerprint density at radius 3 is 2.75 bits per heavy atom. The smallest absolute Gasteiger partial charge is 0.131 e. The lowest BCUT2D eigenvalue weighted by atomic mass is 10.1. The highest BCUT2D eigenvalue weighted by molar-refractivity contribution is 9.10. The molecule has 4 heteroatoms. The van der Waals surface area contributed by atoms with Crippen LogP contribution >= 0.6 is 27.3 Å². The van der Waals surface area contributed by atoms with Gasteiger partial charge in [0, 0.05) is 25.8 Å². The maximum absolute atomic E-state index is 13.9. The number of hydrogen-bond acceptors (Lipinski definition) is 2. The van der Waals surface area contributed by atoms with E-state index in [2.05, 4.69) is 41.2 Å². The van der Waals surface area contributed by atoms with Crippen molar-refractivity contribution in [1.82, 2.24) is 5.32 Å². The molecular formula is C16H19BrFNS. The zero-order valence-electron chi connectivity index (χ0n) is 11.7. The molecule has 1 aromatic carbocycles. The fraction of sp³-hybridized carbons (Fsp3) is 0.375. The van der Waals surface area contributed by atoms with E-state index < -0.39 is 0 Å². The van der Waals surface area contributed by atoms with E-state index in [9.17, 15) is 4.39 Å². The van der Waals surface area contributed by atoms with Gasteiger partial charge >= 0.3 is 0 Å². The van der Waals surface area contributed by atoms with Crippen molar-refractivity contribution in [2.75, 3.05) is 6.54 Å². The summed E-state index contributed by atoms with van der Waals surface area (Å²) in [5.74, 6) is -0.170. The van der Waals surface area contributed by atoms with Crippen LogP contribution in [-0.4, -0.2) is 6.54 Å². The van der Waals surface area contributed by atoms with Gasteiger partial charge in [-0.25, -0.2) is 4.39 Å². The molecule has 1 atom stereocenters. The molecule has 108 valence electrons. The van der Waals surface area contributed by atoms with Crippen LogP contribution < -0.4 is 5.32 Å². The van der Waals surface area contributed by atoms with E-state index in [-0.39, 0.29) is 5.82 Å². The Balaban J connectivity index is 2.25. The van der Waals surface area contributed by atoms with Crippen LogP contribution in [0.25, 0.3) is 10.4 Å². The second-order valence-corrected chi connectivity index (χ2v) is 6.77. The number of halogens is 2. The van der Waals surface area contributed by atoms with Crippen molar-refractivity contribution in [3.8, 4) is 10.4 Å². The highest BCUT2D eigenvalue weighted by Crippen LogP contribution is 2.35. The second kappa shape index (κ2) is 7.34. The summed E-state index contributed by atoms with van der Waals surface area (Å²) in [5.41, 5.74) is 0.668. The first-order valence-electron chi connectivity index (χ1n) is 6.94. The summed E-state index contributed by atoms with van der Waals surface area (Å²) in [7, 11) is 0. The second-order valence-electron chi connectivity index (χ2n) is 4.74. The van der Waals surface area contributed by atoms with Crippen LogP contribution in [0.4, 0.5) is 4.39 Å². The van der Waals surface area contributed by atoms with Gasteiger partial charge in [-0.05, 0) is 49.7 Å². The van der Waals surface area contributed by atoms with Crippen molar-refractivity contribution in [2.45, 2.75) is 32.7 Å². The third kappa shape index (κ3) is 3.68. The fourth-order valence-corrected chi connectivity index (χ4v) is 3.68. The summed E-state index contributed by atoms with van der Waals surface area (Å²) in [4.78, 5) is 2.26. The maximum Gasteiger partial charge on any atom is 0.131 e. The lowest BCUT2D eigenvalue weighted by Crippen LogP contribution is -2.20. The normalized spacial score (nSPS) is 12.6. The average Bonchev–Trinajstić information content (AvgIpc) is 2.92. The van der Waals surface area contributed by atoms with Crippen molar-refractivity contribution in [3.63, 3.8) is 0 Å².